The van der Waals surface area contributed by atoms with E-state index in [9.17, 15) is 9.59 Å². The molecule has 0 unspecified atom stereocenters. The van der Waals surface area contributed by atoms with Gasteiger partial charge in [0.05, 0.1) is 22.9 Å². The van der Waals surface area contributed by atoms with Crippen molar-refractivity contribution in [2.45, 2.75) is 4.90 Å². The number of rotatable bonds is 5. The van der Waals surface area contributed by atoms with Gasteiger partial charge in [0.2, 0.25) is 0 Å². The van der Waals surface area contributed by atoms with Crippen LogP contribution in [0.3, 0.4) is 0 Å². The first-order valence-corrected chi connectivity index (χ1v) is 7.08. The molecule has 0 aliphatic heterocycles. The molecule has 104 valence electrons. The number of benzene rings is 2. The highest BCUT2D eigenvalue weighted by atomic mass is 32.2. The smallest absolute Gasteiger partial charge is 0.335 e. The van der Waals surface area contributed by atoms with E-state index in [-0.39, 0.29) is 17.1 Å². The Morgan fingerprint density at radius 2 is 1.81 bits per heavy atom. The second kappa shape index (κ2) is 6.73. The Kier molecular flexibility index (Phi) is 4.75. The molecule has 0 amide bonds. The topological polar surface area (TPSA) is 78.2 Å². The van der Waals surface area contributed by atoms with Crippen molar-refractivity contribution in [1.82, 2.24) is 0 Å². The normalized spacial score (nSPS) is 9.86. The monoisotopic (exact) mass is 297 g/mol. The first kappa shape index (κ1) is 14.8. The average Bonchev–Trinajstić information content (AvgIpc) is 2.53. The number of hydrogen-bond donors (Lipinski definition) is 1. The third-order valence-electron chi connectivity index (χ3n) is 2.78. The Morgan fingerprint density at radius 1 is 1.10 bits per heavy atom. The highest BCUT2D eigenvalue weighted by Crippen LogP contribution is 2.20. The lowest BCUT2D eigenvalue weighted by molar-refractivity contribution is 0.0696. The maximum absolute atomic E-state index is 12.0. The Hall–Kier alpha value is -2.58. The van der Waals surface area contributed by atoms with Crippen LogP contribution in [0.5, 0.6) is 0 Å². The number of ketones is 1. The van der Waals surface area contributed by atoms with Gasteiger partial charge in [0.25, 0.3) is 0 Å². The molecule has 0 saturated carbocycles. The fourth-order valence-corrected chi connectivity index (χ4v) is 2.48. The van der Waals surface area contributed by atoms with Crippen molar-refractivity contribution in [3.05, 3.63) is 65.2 Å². The molecule has 0 aliphatic carbocycles. The van der Waals surface area contributed by atoms with Crippen LogP contribution in [0, 0.1) is 11.3 Å². The maximum Gasteiger partial charge on any atom is 0.335 e. The van der Waals surface area contributed by atoms with Crippen molar-refractivity contribution in [3.8, 4) is 6.07 Å². The van der Waals surface area contributed by atoms with Crippen LogP contribution < -0.4 is 0 Å². The molecule has 0 fully saturated rings. The number of carbonyl (C=O) groups excluding carboxylic acids is 1. The summed E-state index contributed by atoms with van der Waals surface area (Å²) in [5.74, 6) is -0.809. The van der Waals surface area contributed by atoms with Gasteiger partial charge in [-0.25, -0.2) is 4.79 Å². The fourth-order valence-electron chi connectivity index (χ4n) is 1.69. The van der Waals surface area contributed by atoms with Gasteiger partial charge in [0.1, 0.15) is 0 Å². The number of nitrogens with zero attached hydrogens (tertiary/aromatic N) is 1. The molecule has 1 N–H and O–H groups in total. The third-order valence-corrected chi connectivity index (χ3v) is 3.80. The van der Waals surface area contributed by atoms with E-state index < -0.39 is 5.97 Å². The summed E-state index contributed by atoms with van der Waals surface area (Å²) in [5, 5.41) is 17.6. The molecule has 2 aromatic rings. The van der Waals surface area contributed by atoms with E-state index in [4.69, 9.17) is 10.4 Å². The summed E-state index contributed by atoms with van der Waals surface area (Å²) in [6.45, 7) is 0. The van der Waals surface area contributed by atoms with E-state index in [0.29, 0.717) is 11.1 Å². The van der Waals surface area contributed by atoms with Crippen molar-refractivity contribution in [2.24, 2.45) is 0 Å². The van der Waals surface area contributed by atoms with Crippen LogP contribution in [0.2, 0.25) is 0 Å². The van der Waals surface area contributed by atoms with Gasteiger partial charge in [0, 0.05) is 10.5 Å². The van der Waals surface area contributed by atoms with Crippen molar-refractivity contribution in [3.63, 3.8) is 0 Å². The minimum Gasteiger partial charge on any atom is -0.478 e. The number of carboxylic acids is 1. The first-order chi connectivity index (χ1) is 10.1. The van der Waals surface area contributed by atoms with Crippen molar-refractivity contribution >= 4 is 23.5 Å². The molecular weight excluding hydrogens is 286 g/mol. The van der Waals surface area contributed by atoms with Gasteiger partial charge in [0.15, 0.2) is 5.78 Å². The lowest BCUT2D eigenvalue weighted by atomic mass is 10.1. The highest BCUT2D eigenvalue weighted by molar-refractivity contribution is 8.00. The molecule has 0 atom stereocenters. The van der Waals surface area contributed by atoms with E-state index in [1.54, 1.807) is 36.4 Å². The number of aromatic carboxylic acids is 1. The van der Waals surface area contributed by atoms with E-state index in [2.05, 4.69) is 0 Å². The molecular formula is C16H11NO3S. The van der Waals surface area contributed by atoms with E-state index in [0.717, 1.165) is 4.90 Å². The maximum atomic E-state index is 12.0. The second-order valence-electron chi connectivity index (χ2n) is 4.23. The summed E-state index contributed by atoms with van der Waals surface area (Å²) in [7, 11) is 0. The van der Waals surface area contributed by atoms with Crippen molar-refractivity contribution in [1.29, 1.82) is 5.26 Å². The Morgan fingerprint density at radius 3 is 2.43 bits per heavy atom. The van der Waals surface area contributed by atoms with Crippen LogP contribution in [-0.4, -0.2) is 22.6 Å². The Labute approximate surface area is 126 Å². The van der Waals surface area contributed by atoms with E-state index >= 15 is 0 Å². The van der Waals surface area contributed by atoms with E-state index in [1.165, 1.54) is 23.9 Å². The Balaban J connectivity index is 2.00. The quantitative estimate of drug-likeness (QED) is 0.677. The zero-order chi connectivity index (χ0) is 15.2. The zero-order valence-electron chi connectivity index (χ0n) is 10.9. The SMILES string of the molecule is N#Cc1cccc(C(=O)CSc2ccc(C(=O)O)cc2)c1. The molecule has 5 heteroatoms. The number of hydrogen-bond acceptors (Lipinski definition) is 4. The summed E-state index contributed by atoms with van der Waals surface area (Å²) in [6, 6.07) is 14.9. The fraction of sp³-hybridized carbons (Fsp3) is 0.0625. The molecule has 0 spiro atoms. The third kappa shape index (κ3) is 3.94. The van der Waals surface area contributed by atoms with Crippen LogP contribution in [0.15, 0.2) is 53.4 Å². The molecule has 0 bridgehead atoms. The van der Waals surface area contributed by atoms with Crippen molar-refractivity contribution in [2.75, 3.05) is 5.75 Å². The summed E-state index contributed by atoms with van der Waals surface area (Å²) < 4.78 is 0. The highest BCUT2D eigenvalue weighted by Gasteiger charge is 2.08. The van der Waals surface area contributed by atoms with Crippen LogP contribution >= 0.6 is 11.8 Å². The van der Waals surface area contributed by atoms with Gasteiger partial charge in [-0.1, -0.05) is 12.1 Å². The summed E-state index contributed by atoms with van der Waals surface area (Å²) in [6.07, 6.45) is 0. The van der Waals surface area contributed by atoms with Crippen LogP contribution in [0.4, 0.5) is 0 Å². The van der Waals surface area contributed by atoms with Gasteiger partial charge >= 0.3 is 5.97 Å². The minimum absolute atomic E-state index is 0.0700. The number of nitriles is 1. The molecule has 21 heavy (non-hydrogen) atoms. The van der Waals surface area contributed by atoms with E-state index in [1.807, 2.05) is 6.07 Å². The summed E-state index contributed by atoms with van der Waals surface area (Å²) in [5.41, 5.74) is 1.17. The number of Topliss-reactive ketones (excluding diaryl/α,β-unsaturated/α-hetero) is 1. The molecule has 0 heterocycles. The van der Waals surface area contributed by atoms with Gasteiger partial charge < -0.3 is 5.11 Å². The standard InChI is InChI=1S/C16H11NO3S/c17-9-11-2-1-3-13(8-11)15(18)10-21-14-6-4-12(5-7-14)16(19)20/h1-8H,10H2,(H,19,20). The summed E-state index contributed by atoms with van der Waals surface area (Å²) in [4.78, 5) is 23.6. The predicted octanol–water partition coefficient (Wildman–Crippen LogP) is 3.23. The van der Waals surface area contributed by atoms with Crippen LogP contribution in [0.1, 0.15) is 26.3 Å². The molecule has 0 aromatic heterocycles. The predicted molar refractivity (Wildman–Crippen MR) is 79.6 cm³/mol. The Bertz CT molecular complexity index is 717. The average molecular weight is 297 g/mol. The number of carbonyl (C=O) groups is 2. The van der Waals surface area contributed by atoms with Crippen LogP contribution in [0.25, 0.3) is 0 Å². The second-order valence-corrected chi connectivity index (χ2v) is 5.28. The molecule has 2 aromatic carbocycles. The van der Waals surface area contributed by atoms with Gasteiger partial charge in [-0.3, -0.25) is 4.79 Å². The van der Waals surface area contributed by atoms with Crippen LogP contribution in [-0.2, 0) is 0 Å². The molecule has 2 rings (SSSR count). The van der Waals surface area contributed by atoms with Gasteiger partial charge in [-0.2, -0.15) is 5.26 Å². The lowest BCUT2D eigenvalue weighted by Gasteiger charge is -2.03. The molecule has 0 radical (unpaired) electrons. The molecule has 0 aliphatic rings. The van der Waals surface area contributed by atoms with Gasteiger partial charge in [-0.05, 0) is 36.4 Å². The number of carboxylic acid groups (broad SMARTS) is 1. The minimum atomic E-state index is -0.976. The molecule has 4 nitrogen and oxygen atoms in total. The largest absolute Gasteiger partial charge is 0.478 e. The zero-order valence-corrected chi connectivity index (χ0v) is 11.8. The molecule has 0 saturated heterocycles. The first-order valence-electron chi connectivity index (χ1n) is 6.09. The summed E-state index contributed by atoms with van der Waals surface area (Å²) >= 11 is 1.33. The lowest BCUT2D eigenvalue weighted by Crippen LogP contribution is -2.02. The van der Waals surface area contributed by atoms with Crippen molar-refractivity contribution < 1.29 is 14.7 Å². The van der Waals surface area contributed by atoms with Gasteiger partial charge in [-0.15, -0.1) is 11.8 Å². The number of thioether (sulfide) groups is 1.